The molecule has 3 aliphatic rings. The first-order chi connectivity index (χ1) is 16.8. The molecule has 2 fully saturated rings. The van der Waals surface area contributed by atoms with E-state index in [1.54, 1.807) is 18.2 Å². The van der Waals surface area contributed by atoms with Gasteiger partial charge >= 0.3 is 0 Å². The van der Waals surface area contributed by atoms with Gasteiger partial charge in [-0.2, -0.15) is 4.31 Å². The first kappa shape index (κ1) is 24.0. The second-order valence-electron chi connectivity index (χ2n) is 10.0. The van der Waals surface area contributed by atoms with Crippen LogP contribution in [0.25, 0.3) is 0 Å². The van der Waals surface area contributed by atoms with Gasteiger partial charge < -0.3 is 10.2 Å². The molecule has 0 aromatic heterocycles. The van der Waals surface area contributed by atoms with E-state index in [0.29, 0.717) is 25.8 Å². The van der Waals surface area contributed by atoms with Crippen molar-refractivity contribution in [2.45, 2.75) is 63.3 Å². The molecule has 1 saturated carbocycles. The van der Waals surface area contributed by atoms with Crippen molar-refractivity contribution < 1.29 is 18.0 Å². The minimum Gasteiger partial charge on any atom is -0.326 e. The lowest BCUT2D eigenvalue weighted by Gasteiger charge is -2.31. The summed E-state index contributed by atoms with van der Waals surface area (Å²) in [5.74, 6) is -0.263. The van der Waals surface area contributed by atoms with Crippen LogP contribution in [0.2, 0.25) is 0 Å². The second-order valence-corrected chi connectivity index (χ2v) is 12.0. The largest absolute Gasteiger partial charge is 0.326 e. The van der Waals surface area contributed by atoms with Gasteiger partial charge in [0.25, 0.3) is 0 Å². The second kappa shape index (κ2) is 9.39. The van der Waals surface area contributed by atoms with Crippen LogP contribution in [0, 0.1) is 11.8 Å². The standard InChI is InChI=1S/C27H33N3O4S/c1-3-19-7-4-5-9-24(19)28-26(31)21-8-6-14-29(17-21)35(33,34)23-12-13-25-22(16-23)15-18(2)30(25)27(32)20-10-11-20/h4-5,7,9,12-13,16,18,20-21H,3,6,8,10-11,14-15,17H2,1-2H3,(H,28,31)/t18-,21+/m0/s1. The summed E-state index contributed by atoms with van der Waals surface area (Å²) in [5, 5.41) is 3.01. The van der Waals surface area contributed by atoms with Crippen molar-refractivity contribution in [2.24, 2.45) is 11.8 Å². The van der Waals surface area contributed by atoms with E-state index in [9.17, 15) is 18.0 Å². The molecule has 7 nitrogen and oxygen atoms in total. The number of carbonyl (C=O) groups excluding carboxylic acids is 2. The van der Waals surface area contributed by atoms with Gasteiger partial charge in [0, 0.05) is 36.4 Å². The number of hydrogen-bond donors (Lipinski definition) is 1. The van der Waals surface area contributed by atoms with E-state index >= 15 is 0 Å². The summed E-state index contributed by atoms with van der Waals surface area (Å²) in [7, 11) is -3.75. The van der Waals surface area contributed by atoms with Gasteiger partial charge in [0.1, 0.15) is 0 Å². The maximum Gasteiger partial charge on any atom is 0.243 e. The lowest BCUT2D eigenvalue weighted by Crippen LogP contribution is -2.43. The minimum atomic E-state index is -3.75. The van der Waals surface area contributed by atoms with E-state index in [4.69, 9.17) is 0 Å². The van der Waals surface area contributed by atoms with Gasteiger partial charge in [-0.15, -0.1) is 0 Å². The van der Waals surface area contributed by atoms with Crippen LogP contribution in [0.5, 0.6) is 0 Å². The molecule has 2 amide bonds. The number of hydrogen-bond acceptors (Lipinski definition) is 4. The van der Waals surface area contributed by atoms with Gasteiger partial charge in [0.2, 0.25) is 21.8 Å². The number of nitrogens with zero attached hydrogens (tertiary/aromatic N) is 2. The third-order valence-electron chi connectivity index (χ3n) is 7.48. The topological polar surface area (TPSA) is 86.8 Å². The number of nitrogens with one attached hydrogen (secondary N) is 1. The molecule has 2 aliphatic heterocycles. The zero-order valence-corrected chi connectivity index (χ0v) is 21.2. The van der Waals surface area contributed by atoms with E-state index in [-0.39, 0.29) is 35.2 Å². The van der Waals surface area contributed by atoms with Crippen molar-refractivity contribution in [3.8, 4) is 0 Å². The van der Waals surface area contributed by atoms with Gasteiger partial charge in [-0.05, 0) is 80.8 Å². The predicted octanol–water partition coefficient (Wildman–Crippen LogP) is 3.98. The minimum absolute atomic E-state index is 0.0325. The van der Waals surface area contributed by atoms with Crippen LogP contribution in [0.3, 0.4) is 0 Å². The number of fused-ring (bicyclic) bond motifs is 1. The fraction of sp³-hybridized carbons (Fsp3) is 0.481. The first-order valence-electron chi connectivity index (χ1n) is 12.6. The number of sulfonamides is 1. The fourth-order valence-electron chi connectivity index (χ4n) is 5.34. The van der Waals surface area contributed by atoms with Gasteiger partial charge in [-0.25, -0.2) is 8.42 Å². The molecule has 2 atom stereocenters. The maximum atomic E-state index is 13.5. The summed E-state index contributed by atoms with van der Waals surface area (Å²) in [6.07, 6.45) is 4.64. The molecular formula is C27H33N3O4S. The molecule has 2 aromatic carbocycles. The molecule has 8 heteroatoms. The van der Waals surface area contributed by atoms with E-state index < -0.39 is 15.9 Å². The molecule has 0 unspecified atom stereocenters. The smallest absolute Gasteiger partial charge is 0.243 e. The van der Waals surface area contributed by atoms with Gasteiger partial charge in [-0.1, -0.05) is 25.1 Å². The SMILES string of the molecule is CCc1ccccc1NC(=O)[C@@H]1CCCN(S(=O)(=O)c2ccc3c(c2)C[C@H](C)N3C(=O)C2CC2)C1. The molecule has 2 aromatic rings. The fourth-order valence-corrected chi connectivity index (χ4v) is 6.91. The summed E-state index contributed by atoms with van der Waals surface area (Å²) in [5.41, 5.74) is 3.58. The Labute approximate surface area is 207 Å². The highest BCUT2D eigenvalue weighted by molar-refractivity contribution is 7.89. The maximum absolute atomic E-state index is 13.5. The molecule has 1 saturated heterocycles. The Morgan fingerprint density at radius 3 is 2.57 bits per heavy atom. The number of aryl methyl sites for hydroxylation is 1. The van der Waals surface area contributed by atoms with E-state index in [2.05, 4.69) is 5.32 Å². The van der Waals surface area contributed by atoms with Crippen molar-refractivity contribution >= 4 is 33.2 Å². The highest BCUT2D eigenvalue weighted by Gasteiger charge is 2.40. The Balaban J connectivity index is 1.32. The Bertz CT molecular complexity index is 1250. The molecule has 0 spiro atoms. The molecule has 186 valence electrons. The number of benzene rings is 2. The molecule has 0 radical (unpaired) electrons. The third kappa shape index (κ3) is 4.61. The molecule has 35 heavy (non-hydrogen) atoms. The van der Waals surface area contributed by atoms with Crippen LogP contribution in [0.4, 0.5) is 11.4 Å². The Morgan fingerprint density at radius 2 is 1.83 bits per heavy atom. The summed E-state index contributed by atoms with van der Waals surface area (Å²) in [6, 6.07) is 12.9. The van der Waals surface area contributed by atoms with Crippen LogP contribution in [-0.2, 0) is 32.5 Å². The van der Waals surface area contributed by atoms with Crippen molar-refractivity contribution in [1.82, 2.24) is 4.31 Å². The molecule has 1 aliphatic carbocycles. The molecule has 5 rings (SSSR count). The number of para-hydroxylation sites is 1. The summed E-state index contributed by atoms with van der Waals surface area (Å²) >= 11 is 0. The zero-order chi connectivity index (χ0) is 24.7. The average molecular weight is 496 g/mol. The van der Waals surface area contributed by atoms with Gasteiger partial charge in [0.15, 0.2) is 0 Å². The summed E-state index contributed by atoms with van der Waals surface area (Å²) < 4.78 is 28.5. The third-order valence-corrected chi connectivity index (χ3v) is 9.34. The Kier molecular flexibility index (Phi) is 6.44. The predicted molar refractivity (Wildman–Crippen MR) is 136 cm³/mol. The summed E-state index contributed by atoms with van der Waals surface area (Å²) in [4.78, 5) is 27.9. The number of piperidine rings is 1. The highest BCUT2D eigenvalue weighted by atomic mass is 32.2. The highest BCUT2D eigenvalue weighted by Crippen LogP contribution is 2.40. The van der Waals surface area contributed by atoms with Gasteiger partial charge in [-0.3, -0.25) is 9.59 Å². The summed E-state index contributed by atoms with van der Waals surface area (Å²) in [6.45, 7) is 4.62. The normalized spacial score (nSPS) is 22.6. The monoisotopic (exact) mass is 495 g/mol. The van der Waals surface area contributed by atoms with Crippen LogP contribution >= 0.6 is 0 Å². The molecule has 1 N–H and O–H groups in total. The lowest BCUT2D eigenvalue weighted by atomic mass is 9.98. The lowest BCUT2D eigenvalue weighted by molar-refractivity contribution is -0.121. The van der Waals surface area contributed by atoms with E-state index in [1.807, 2.05) is 43.0 Å². The van der Waals surface area contributed by atoms with Crippen molar-refractivity contribution in [3.05, 3.63) is 53.6 Å². The van der Waals surface area contributed by atoms with E-state index in [1.165, 1.54) is 4.31 Å². The van der Waals surface area contributed by atoms with Crippen LogP contribution in [0.15, 0.2) is 47.4 Å². The van der Waals surface area contributed by atoms with Crippen molar-refractivity contribution in [3.63, 3.8) is 0 Å². The quantitative estimate of drug-likeness (QED) is 0.657. The van der Waals surface area contributed by atoms with Crippen LogP contribution in [0.1, 0.15) is 50.7 Å². The van der Waals surface area contributed by atoms with E-state index in [0.717, 1.165) is 41.8 Å². The average Bonchev–Trinajstić information content (AvgIpc) is 3.66. The van der Waals surface area contributed by atoms with Crippen molar-refractivity contribution in [1.29, 1.82) is 0 Å². The first-order valence-corrected chi connectivity index (χ1v) is 14.1. The Morgan fingerprint density at radius 1 is 1.06 bits per heavy atom. The van der Waals surface area contributed by atoms with Crippen LogP contribution < -0.4 is 10.2 Å². The van der Waals surface area contributed by atoms with Gasteiger partial charge in [0.05, 0.1) is 10.8 Å². The number of rotatable bonds is 6. The van der Waals surface area contributed by atoms with Crippen molar-refractivity contribution in [2.75, 3.05) is 23.3 Å². The Hall–Kier alpha value is -2.71. The molecule has 2 heterocycles. The molecule has 0 bridgehead atoms. The molecular weight excluding hydrogens is 462 g/mol. The number of amides is 2. The number of anilines is 2. The zero-order valence-electron chi connectivity index (χ0n) is 20.4. The van der Waals surface area contributed by atoms with Crippen LogP contribution in [-0.4, -0.2) is 43.7 Å². The number of carbonyl (C=O) groups is 2.